The van der Waals surface area contributed by atoms with Gasteiger partial charge in [-0.15, -0.1) is 0 Å². The van der Waals surface area contributed by atoms with Crippen LogP contribution in [-0.4, -0.2) is 57.3 Å². The van der Waals surface area contributed by atoms with E-state index in [2.05, 4.69) is 35.8 Å². The zero-order chi connectivity index (χ0) is 19.8. The van der Waals surface area contributed by atoms with Crippen LogP contribution in [-0.2, 0) is 0 Å². The first-order valence-electron chi connectivity index (χ1n) is 10.3. The Hall–Kier alpha value is -2.74. The van der Waals surface area contributed by atoms with Gasteiger partial charge in [-0.2, -0.15) is 0 Å². The van der Waals surface area contributed by atoms with E-state index in [1.54, 1.807) is 12.4 Å². The molecule has 0 atom stereocenters. The lowest BCUT2D eigenvalue weighted by Gasteiger charge is -2.33. The van der Waals surface area contributed by atoms with Crippen LogP contribution in [0.15, 0.2) is 30.6 Å². The second-order valence-corrected chi connectivity index (χ2v) is 8.00. The van der Waals surface area contributed by atoms with Crippen molar-refractivity contribution < 1.29 is 9.50 Å². The SMILES string of the molecule is OC1CCN(c2cc(N3CCC(c4nc5ccc(F)cc5[nH]4)CC3)ncn2)CC1. The summed E-state index contributed by atoms with van der Waals surface area (Å²) in [7, 11) is 0. The van der Waals surface area contributed by atoms with E-state index >= 15 is 0 Å². The molecular weight excluding hydrogens is 371 g/mol. The minimum atomic E-state index is -0.245. The number of nitrogens with zero attached hydrogens (tertiary/aromatic N) is 5. The van der Waals surface area contributed by atoms with E-state index in [0.717, 1.165) is 80.4 Å². The van der Waals surface area contributed by atoms with Gasteiger partial charge in [0.1, 0.15) is 29.6 Å². The highest BCUT2D eigenvalue weighted by molar-refractivity contribution is 5.75. The van der Waals surface area contributed by atoms with E-state index in [1.165, 1.54) is 12.1 Å². The minimum Gasteiger partial charge on any atom is -0.393 e. The first kappa shape index (κ1) is 18.3. The Morgan fingerprint density at radius 2 is 1.59 bits per heavy atom. The Bertz CT molecular complexity index is 992. The van der Waals surface area contributed by atoms with Gasteiger partial charge in [-0.1, -0.05) is 0 Å². The maximum absolute atomic E-state index is 13.4. The molecule has 0 amide bonds. The monoisotopic (exact) mass is 396 g/mol. The first-order chi connectivity index (χ1) is 14.2. The number of aliphatic hydroxyl groups excluding tert-OH is 1. The molecule has 2 N–H and O–H groups in total. The van der Waals surface area contributed by atoms with Crippen molar-refractivity contribution in [2.75, 3.05) is 36.0 Å². The molecule has 2 aliphatic heterocycles. The lowest BCUT2D eigenvalue weighted by molar-refractivity contribution is 0.145. The molecule has 0 unspecified atom stereocenters. The molecule has 0 saturated carbocycles. The molecule has 0 bridgehead atoms. The van der Waals surface area contributed by atoms with E-state index in [4.69, 9.17) is 0 Å². The van der Waals surface area contributed by atoms with Crippen LogP contribution in [0.1, 0.15) is 37.4 Å². The number of aromatic nitrogens is 4. The van der Waals surface area contributed by atoms with Gasteiger partial charge < -0.3 is 19.9 Å². The van der Waals surface area contributed by atoms with Crippen molar-refractivity contribution in [3.8, 4) is 0 Å². The number of nitrogens with one attached hydrogen (secondary N) is 1. The third kappa shape index (κ3) is 3.76. The molecule has 2 saturated heterocycles. The number of benzene rings is 1. The summed E-state index contributed by atoms with van der Waals surface area (Å²) >= 11 is 0. The standard InChI is InChI=1S/C21H25FN6O/c22-15-1-2-17-18(11-15)26-21(25-17)14-3-7-27(8-4-14)19-12-20(24-13-23-19)28-9-5-16(29)6-10-28/h1-2,11-14,16,29H,3-10H2,(H,25,26). The molecule has 8 heteroatoms. The predicted octanol–water partition coefficient (Wildman–Crippen LogP) is 2.84. The third-order valence-electron chi connectivity index (χ3n) is 6.09. The molecule has 7 nitrogen and oxygen atoms in total. The molecule has 4 heterocycles. The number of hydrogen-bond acceptors (Lipinski definition) is 6. The fraction of sp³-hybridized carbons (Fsp3) is 0.476. The van der Waals surface area contributed by atoms with Crippen LogP contribution < -0.4 is 9.80 Å². The molecule has 1 aromatic carbocycles. The smallest absolute Gasteiger partial charge is 0.134 e. The molecule has 3 aromatic rings. The molecular formula is C21H25FN6O. The number of anilines is 2. The van der Waals surface area contributed by atoms with Crippen molar-refractivity contribution in [3.05, 3.63) is 42.2 Å². The van der Waals surface area contributed by atoms with Gasteiger partial charge in [-0.3, -0.25) is 0 Å². The molecule has 5 rings (SSSR count). The summed E-state index contributed by atoms with van der Waals surface area (Å²) in [6.45, 7) is 3.44. The number of H-pyrrole nitrogens is 1. The molecule has 0 aliphatic carbocycles. The highest BCUT2D eigenvalue weighted by Crippen LogP contribution is 2.30. The molecule has 2 aromatic heterocycles. The lowest BCUT2D eigenvalue weighted by atomic mass is 9.96. The van der Waals surface area contributed by atoms with Crippen LogP contribution in [0.3, 0.4) is 0 Å². The lowest BCUT2D eigenvalue weighted by Crippen LogP contribution is -2.37. The zero-order valence-electron chi connectivity index (χ0n) is 16.3. The number of aliphatic hydroxyl groups is 1. The first-order valence-corrected chi connectivity index (χ1v) is 10.3. The summed E-state index contributed by atoms with van der Waals surface area (Å²) < 4.78 is 13.4. The quantitative estimate of drug-likeness (QED) is 0.709. The van der Waals surface area contributed by atoms with Crippen molar-refractivity contribution >= 4 is 22.7 Å². The van der Waals surface area contributed by atoms with Crippen LogP contribution >= 0.6 is 0 Å². The molecule has 2 aliphatic rings. The number of aromatic amines is 1. The fourth-order valence-corrected chi connectivity index (χ4v) is 4.35. The van der Waals surface area contributed by atoms with Crippen LogP contribution in [0.5, 0.6) is 0 Å². The summed E-state index contributed by atoms with van der Waals surface area (Å²) in [6, 6.07) is 6.73. The van der Waals surface area contributed by atoms with Crippen molar-refractivity contribution in [2.45, 2.75) is 37.7 Å². The molecule has 29 heavy (non-hydrogen) atoms. The largest absolute Gasteiger partial charge is 0.393 e. The van der Waals surface area contributed by atoms with E-state index in [9.17, 15) is 9.50 Å². The van der Waals surface area contributed by atoms with Crippen molar-refractivity contribution in [1.29, 1.82) is 0 Å². The van der Waals surface area contributed by atoms with Gasteiger partial charge >= 0.3 is 0 Å². The Kier molecular flexibility index (Phi) is 4.79. The highest BCUT2D eigenvalue weighted by atomic mass is 19.1. The summed E-state index contributed by atoms with van der Waals surface area (Å²) in [4.78, 5) is 21.4. The van der Waals surface area contributed by atoms with Crippen molar-refractivity contribution in [3.63, 3.8) is 0 Å². The van der Waals surface area contributed by atoms with E-state index in [0.29, 0.717) is 5.92 Å². The maximum atomic E-state index is 13.4. The van der Waals surface area contributed by atoms with Crippen molar-refractivity contribution in [1.82, 2.24) is 19.9 Å². The summed E-state index contributed by atoms with van der Waals surface area (Å²) in [5, 5.41) is 9.72. The minimum absolute atomic E-state index is 0.193. The molecule has 0 radical (unpaired) electrons. The second kappa shape index (κ2) is 7.59. The Labute approximate surface area is 168 Å². The average Bonchev–Trinajstić information content (AvgIpc) is 3.18. The fourth-order valence-electron chi connectivity index (χ4n) is 4.35. The Morgan fingerprint density at radius 3 is 2.28 bits per heavy atom. The van der Waals surface area contributed by atoms with E-state index in [-0.39, 0.29) is 11.9 Å². The van der Waals surface area contributed by atoms with Crippen LogP contribution in [0.4, 0.5) is 16.0 Å². The third-order valence-corrected chi connectivity index (χ3v) is 6.09. The van der Waals surface area contributed by atoms with Crippen LogP contribution in [0.25, 0.3) is 11.0 Å². The Balaban J connectivity index is 1.26. The van der Waals surface area contributed by atoms with Crippen LogP contribution in [0, 0.1) is 5.82 Å². The zero-order valence-corrected chi connectivity index (χ0v) is 16.3. The maximum Gasteiger partial charge on any atom is 0.134 e. The number of imidazole rings is 1. The predicted molar refractivity (Wildman–Crippen MR) is 110 cm³/mol. The average molecular weight is 396 g/mol. The summed E-state index contributed by atoms with van der Waals surface area (Å²) in [5.41, 5.74) is 1.57. The number of fused-ring (bicyclic) bond motifs is 1. The van der Waals surface area contributed by atoms with Gasteiger partial charge in [0.15, 0.2) is 0 Å². The van der Waals surface area contributed by atoms with E-state index in [1.807, 2.05) is 0 Å². The van der Waals surface area contributed by atoms with Gasteiger partial charge in [-0.25, -0.2) is 19.3 Å². The van der Waals surface area contributed by atoms with Crippen molar-refractivity contribution in [2.24, 2.45) is 0 Å². The molecule has 152 valence electrons. The molecule has 0 spiro atoms. The Morgan fingerprint density at radius 1 is 0.931 bits per heavy atom. The summed E-state index contributed by atoms with van der Waals surface area (Å²) in [5.74, 6) is 2.92. The highest BCUT2D eigenvalue weighted by Gasteiger charge is 2.25. The number of halogens is 1. The van der Waals surface area contributed by atoms with Gasteiger partial charge in [-0.05, 0) is 43.9 Å². The topological polar surface area (TPSA) is 81.2 Å². The summed E-state index contributed by atoms with van der Waals surface area (Å²) in [6.07, 6.45) is 4.95. The van der Waals surface area contributed by atoms with Gasteiger partial charge in [0.05, 0.1) is 17.1 Å². The van der Waals surface area contributed by atoms with Gasteiger partial charge in [0.2, 0.25) is 0 Å². The van der Waals surface area contributed by atoms with Gasteiger partial charge in [0.25, 0.3) is 0 Å². The number of hydrogen-bond donors (Lipinski definition) is 2. The van der Waals surface area contributed by atoms with Crippen LogP contribution in [0.2, 0.25) is 0 Å². The number of piperidine rings is 2. The van der Waals surface area contributed by atoms with E-state index < -0.39 is 0 Å². The van der Waals surface area contributed by atoms with Gasteiger partial charge in [0, 0.05) is 38.2 Å². The normalized spacial score (nSPS) is 19.2. The molecule has 2 fully saturated rings. The number of rotatable bonds is 3. The second-order valence-electron chi connectivity index (χ2n) is 8.00.